The number of hydrogen-bond acceptors (Lipinski definition) is 0. The lowest BCUT2D eigenvalue weighted by Crippen LogP contribution is -1.94. The number of nitrogens with zero attached hydrogens (tertiary/aromatic N) is 2. The van der Waals surface area contributed by atoms with E-state index in [2.05, 4.69) is 185 Å². The molecule has 0 radical (unpaired) electrons. The van der Waals surface area contributed by atoms with E-state index in [9.17, 15) is 0 Å². The van der Waals surface area contributed by atoms with Crippen LogP contribution < -0.4 is 0 Å². The second-order valence-corrected chi connectivity index (χ2v) is 12.9. The Kier molecular flexibility index (Phi) is 7.46. The summed E-state index contributed by atoms with van der Waals surface area (Å²) in [5.41, 5.74) is 13.9. The molecule has 240 valence electrons. The second-order valence-electron chi connectivity index (χ2n) is 12.9. The third kappa shape index (κ3) is 5.16. The summed E-state index contributed by atoms with van der Waals surface area (Å²) in [6, 6.07) is 59.2. The van der Waals surface area contributed by atoms with E-state index in [4.69, 9.17) is 6.42 Å². The van der Waals surface area contributed by atoms with E-state index in [1.54, 1.807) is 0 Å². The SMILES string of the molecule is C#C/C=C(\C=C/C)c1ccc2c(c1)c1ccc(-c3ccc4c(c3)c3cc(-c5ccccc5)ccc3n4-c3ccccc3)cc1n2-c1ccccc1. The molecule has 0 spiro atoms. The molecule has 0 saturated carbocycles. The van der Waals surface area contributed by atoms with Crippen molar-refractivity contribution in [1.29, 1.82) is 0 Å². The minimum atomic E-state index is 1.03. The average molecular weight is 651 g/mol. The lowest BCUT2D eigenvalue weighted by atomic mass is 9.99. The fraction of sp³-hybridized carbons (Fsp3) is 0.0204. The number of para-hydroxylation sites is 2. The largest absolute Gasteiger partial charge is 0.309 e. The summed E-state index contributed by atoms with van der Waals surface area (Å²) in [5, 5.41) is 4.87. The van der Waals surface area contributed by atoms with Gasteiger partial charge in [-0.05, 0) is 113 Å². The highest BCUT2D eigenvalue weighted by Gasteiger charge is 2.17. The molecule has 0 amide bonds. The second kappa shape index (κ2) is 12.6. The topological polar surface area (TPSA) is 9.86 Å². The zero-order valence-corrected chi connectivity index (χ0v) is 28.3. The number of hydrogen-bond donors (Lipinski definition) is 0. The van der Waals surface area contributed by atoms with E-state index in [0.29, 0.717) is 0 Å². The summed E-state index contributed by atoms with van der Waals surface area (Å²) in [6.45, 7) is 2.02. The van der Waals surface area contributed by atoms with Crippen molar-refractivity contribution in [2.75, 3.05) is 0 Å². The van der Waals surface area contributed by atoms with Gasteiger partial charge in [0.2, 0.25) is 0 Å². The molecule has 0 saturated heterocycles. The molecule has 2 nitrogen and oxygen atoms in total. The normalized spacial score (nSPS) is 12.0. The fourth-order valence-corrected chi connectivity index (χ4v) is 7.60. The summed E-state index contributed by atoms with van der Waals surface area (Å²) in [6.07, 6.45) is 11.7. The van der Waals surface area contributed by atoms with E-state index < -0.39 is 0 Å². The van der Waals surface area contributed by atoms with E-state index in [1.807, 2.05) is 19.1 Å². The molecule has 2 heterocycles. The highest BCUT2D eigenvalue weighted by molar-refractivity contribution is 6.13. The molecule has 0 fully saturated rings. The Hall–Kier alpha value is -6.82. The smallest absolute Gasteiger partial charge is 0.0547 e. The van der Waals surface area contributed by atoms with Gasteiger partial charge in [-0.25, -0.2) is 0 Å². The van der Waals surface area contributed by atoms with Crippen LogP contribution in [-0.4, -0.2) is 9.13 Å². The monoisotopic (exact) mass is 650 g/mol. The number of terminal acetylenes is 1. The Morgan fingerprint density at radius 1 is 0.471 bits per heavy atom. The van der Waals surface area contributed by atoms with Gasteiger partial charge in [0.15, 0.2) is 0 Å². The number of rotatable bonds is 6. The Bertz CT molecular complexity index is 2840. The molecule has 51 heavy (non-hydrogen) atoms. The number of benzene rings is 7. The van der Waals surface area contributed by atoms with Gasteiger partial charge in [0.25, 0.3) is 0 Å². The Labute approximate surface area is 297 Å². The van der Waals surface area contributed by atoms with Crippen LogP contribution >= 0.6 is 0 Å². The van der Waals surface area contributed by atoms with Crippen LogP contribution in [0.25, 0.3) is 82.8 Å². The molecule has 9 aromatic rings. The van der Waals surface area contributed by atoms with Crippen molar-refractivity contribution in [1.82, 2.24) is 9.13 Å². The third-order valence-electron chi connectivity index (χ3n) is 9.92. The molecule has 0 atom stereocenters. The maximum atomic E-state index is 5.72. The molecule has 2 heteroatoms. The van der Waals surface area contributed by atoms with Crippen LogP contribution in [0.4, 0.5) is 0 Å². The highest BCUT2D eigenvalue weighted by atomic mass is 15.0. The van der Waals surface area contributed by atoms with Crippen LogP contribution in [0.5, 0.6) is 0 Å². The lowest BCUT2D eigenvalue weighted by molar-refractivity contribution is 1.18. The van der Waals surface area contributed by atoms with Crippen molar-refractivity contribution in [2.24, 2.45) is 0 Å². The van der Waals surface area contributed by atoms with Crippen LogP contribution in [0.1, 0.15) is 12.5 Å². The first-order chi connectivity index (χ1) is 25.2. The van der Waals surface area contributed by atoms with Gasteiger partial charge in [-0.15, -0.1) is 6.42 Å². The van der Waals surface area contributed by atoms with Crippen molar-refractivity contribution < 1.29 is 0 Å². The van der Waals surface area contributed by atoms with Crippen molar-refractivity contribution >= 4 is 49.2 Å². The van der Waals surface area contributed by atoms with Crippen LogP contribution in [0, 0.1) is 12.3 Å². The predicted octanol–water partition coefficient (Wildman–Crippen LogP) is 12.8. The van der Waals surface area contributed by atoms with E-state index >= 15 is 0 Å². The number of fused-ring (bicyclic) bond motifs is 6. The van der Waals surface area contributed by atoms with Crippen molar-refractivity contribution in [2.45, 2.75) is 6.92 Å². The van der Waals surface area contributed by atoms with Gasteiger partial charge in [0.05, 0.1) is 22.1 Å². The maximum Gasteiger partial charge on any atom is 0.0547 e. The van der Waals surface area contributed by atoms with Crippen molar-refractivity contribution in [3.05, 3.63) is 188 Å². The highest BCUT2D eigenvalue weighted by Crippen LogP contribution is 2.40. The van der Waals surface area contributed by atoms with Gasteiger partial charge < -0.3 is 9.13 Å². The molecule has 2 aromatic heterocycles. The summed E-state index contributed by atoms with van der Waals surface area (Å²) in [4.78, 5) is 0. The van der Waals surface area contributed by atoms with Gasteiger partial charge in [-0.3, -0.25) is 0 Å². The molecular weight excluding hydrogens is 617 g/mol. The molecule has 0 N–H and O–H groups in total. The van der Waals surface area contributed by atoms with E-state index in [-0.39, 0.29) is 0 Å². The molecule has 0 aliphatic carbocycles. The predicted molar refractivity (Wildman–Crippen MR) is 218 cm³/mol. The minimum Gasteiger partial charge on any atom is -0.309 e. The van der Waals surface area contributed by atoms with Crippen molar-refractivity contribution in [3.8, 4) is 46.0 Å². The van der Waals surface area contributed by atoms with Gasteiger partial charge in [-0.2, -0.15) is 0 Å². The van der Waals surface area contributed by atoms with Crippen LogP contribution in [-0.2, 0) is 0 Å². The van der Waals surface area contributed by atoms with E-state index in [0.717, 1.165) is 33.5 Å². The molecule has 9 rings (SSSR count). The standard InChI is InChI=1S/C49H34N2/c1-3-14-34(15-4-2)36-23-27-46-43(30-36)42-26-22-39(33-49(42)51(46)41-20-12-7-13-21-41)38-25-29-48-45(32-38)44-31-37(35-16-8-5-9-17-35)24-28-47(44)50(48)40-18-10-6-11-19-40/h1,4-33H,2H3/b15-4-,34-14+. The summed E-state index contributed by atoms with van der Waals surface area (Å²) < 4.78 is 4.76. The summed E-state index contributed by atoms with van der Waals surface area (Å²) in [5.74, 6) is 2.72. The van der Waals surface area contributed by atoms with Gasteiger partial charge >= 0.3 is 0 Å². The summed E-state index contributed by atoms with van der Waals surface area (Å²) >= 11 is 0. The molecule has 7 aromatic carbocycles. The van der Waals surface area contributed by atoms with Gasteiger partial charge in [0.1, 0.15) is 0 Å². The number of allylic oxidation sites excluding steroid dienone is 4. The Balaban J connectivity index is 1.27. The van der Waals surface area contributed by atoms with E-state index in [1.165, 1.54) is 54.8 Å². The molecular formula is C49H34N2. The molecule has 0 unspecified atom stereocenters. The first-order valence-electron chi connectivity index (χ1n) is 17.3. The van der Waals surface area contributed by atoms with Crippen LogP contribution in [0.2, 0.25) is 0 Å². The summed E-state index contributed by atoms with van der Waals surface area (Å²) in [7, 11) is 0. The quantitative estimate of drug-likeness (QED) is 0.125. The zero-order valence-electron chi connectivity index (χ0n) is 28.3. The van der Waals surface area contributed by atoms with Crippen LogP contribution in [0.15, 0.2) is 182 Å². The molecule has 0 bridgehead atoms. The van der Waals surface area contributed by atoms with Gasteiger partial charge in [-0.1, -0.05) is 115 Å². The van der Waals surface area contributed by atoms with Gasteiger partial charge in [0, 0.05) is 32.9 Å². The van der Waals surface area contributed by atoms with Crippen molar-refractivity contribution in [3.63, 3.8) is 0 Å². The fourth-order valence-electron chi connectivity index (χ4n) is 7.60. The first kappa shape index (κ1) is 30.3. The Morgan fingerprint density at radius 3 is 1.55 bits per heavy atom. The lowest BCUT2D eigenvalue weighted by Gasteiger charge is -2.10. The maximum absolute atomic E-state index is 5.72. The Morgan fingerprint density at radius 2 is 0.961 bits per heavy atom. The molecule has 0 aliphatic heterocycles. The average Bonchev–Trinajstić information content (AvgIpc) is 3.70. The van der Waals surface area contributed by atoms with Crippen LogP contribution in [0.3, 0.4) is 0 Å². The minimum absolute atomic E-state index is 1.03. The number of aromatic nitrogens is 2. The zero-order chi connectivity index (χ0) is 34.3. The third-order valence-corrected chi connectivity index (χ3v) is 9.92. The molecule has 0 aliphatic rings. The first-order valence-corrected chi connectivity index (χ1v) is 17.3.